The van der Waals surface area contributed by atoms with Gasteiger partial charge in [-0.2, -0.15) is 0 Å². The lowest BCUT2D eigenvalue weighted by molar-refractivity contribution is 0.335. The molecular weight excluding hydrogens is 160 g/mol. The highest BCUT2D eigenvalue weighted by Crippen LogP contribution is 2.34. The highest BCUT2D eigenvalue weighted by atomic mass is 16.6. The molecule has 1 aliphatic heterocycles. The van der Waals surface area contributed by atoms with Crippen LogP contribution >= 0.6 is 0 Å². The van der Waals surface area contributed by atoms with E-state index < -0.39 is 0 Å². The Bertz CT molecular complexity index is 354. The summed E-state index contributed by atoms with van der Waals surface area (Å²) in [7, 11) is 0. The molecule has 1 nitrogen and oxygen atoms in total. The van der Waals surface area contributed by atoms with E-state index in [1.165, 1.54) is 0 Å². The van der Waals surface area contributed by atoms with Crippen molar-refractivity contribution in [2.24, 2.45) is 0 Å². The van der Waals surface area contributed by atoms with E-state index in [0.717, 1.165) is 5.56 Å². The van der Waals surface area contributed by atoms with Crippen molar-refractivity contribution in [2.75, 3.05) is 0 Å². The summed E-state index contributed by atoms with van der Waals surface area (Å²) in [4.78, 5) is 0. The fourth-order valence-corrected chi connectivity index (χ4v) is 1.14. The zero-order chi connectivity index (χ0) is 9.31. The SMILES string of the molecule is CC1(C)OC1C#Cc1ccccc1. The van der Waals surface area contributed by atoms with Gasteiger partial charge in [0.1, 0.15) is 11.7 Å². The molecule has 1 heteroatoms. The van der Waals surface area contributed by atoms with Crippen molar-refractivity contribution in [3.63, 3.8) is 0 Å². The van der Waals surface area contributed by atoms with Gasteiger partial charge in [0.05, 0.1) is 0 Å². The maximum Gasteiger partial charge on any atom is 0.147 e. The van der Waals surface area contributed by atoms with E-state index in [1.807, 2.05) is 30.3 Å². The number of hydrogen-bond acceptors (Lipinski definition) is 1. The molecule has 0 aromatic heterocycles. The second-order valence-corrected chi connectivity index (χ2v) is 3.74. The fourth-order valence-electron chi connectivity index (χ4n) is 1.14. The molecule has 0 radical (unpaired) electrons. The Kier molecular flexibility index (Phi) is 1.86. The van der Waals surface area contributed by atoms with Crippen molar-refractivity contribution in [2.45, 2.75) is 25.6 Å². The standard InChI is InChI=1S/C12H12O/c1-12(2)11(13-12)9-8-10-6-4-3-5-7-10/h3-7,11H,1-2H3. The molecule has 1 saturated heterocycles. The third kappa shape index (κ3) is 1.91. The lowest BCUT2D eigenvalue weighted by atomic mass is 10.1. The van der Waals surface area contributed by atoms with Crippen LogP contribution in [0.4, 0.5) is 0 Å². The zero-order valence-electron chi connectivity index (χ0n) is 7.87. The summed E-state index contributed by atoms with van der Waals surface area (Å²) in [5.74, 6) is 6.18. The van der Waals surface area contributed by atoms with Crippen LogP contribution in [0.5, 0.6) is 0 Å². The summed E-state index contributed by atoms with van der Waals surface area (Å²) in [6.45, 7) is 4.11. The monoisotopic (exact) mass is 172 g/mol. The van der Waals surface area contributed by atoms with E-state index in [9.17, 15) is 0 Å². The molecule has 1 fully saturated rings. The van der Waals surface area contributed by atoms with Gasteiger partial charge in [0.2, 0.25) is 0 Å². The Hall–Kier alpha value is -1.26. The summed E-state index contributed by atoms with van der Waals surface area (Å²) in [6, 6.07) is 9.97. The topological polar surface area (TPSA) is 12.5 Å². The number of epoxide rings is 1. The molecule has 1 aliphatic rings. The van der Waals surface area contributed by atoms with E-state index in [0.29, 0.717) is 0 Å². The molecule has 0 amide bonds. The summed E-state index contributed by atoms with van der Waals surface area (Å²) in [5, 5.41) is 0. The van der Waals surface area contributed by atoms with Gasteiger partial charge < -0.3 is 4.74 Å². The van der Waals surface area contributed by atoms with Crippen molar-refractivity contribution in [3.8, 4) is 11.8 Å². The molecule has 1 aromatic rings. The minimum absolute atomic E-state index is 0.0260. The largest absolute Gasteiger partial charge is 0.353 e. The van der Waals surface area contributed by atoms with Crippen LogP contribution in [-0.2, 0) is 4.74 Å². The molecular formula is C12H12O. The maximum absolute atomic E-state index is 5.35. The smallest absolute Gasteiger partial charge is 0.147 e. The van der Waals surface area contributed by atoms with Gasteiger partial charge in [-0.05, 0) is 26.0 Å². The first-order valence-electron chi connectivity index (χ1n) is 4.43. The van der Waals surface area contributed by atoms with Crippen LogP contribution < -0.4 is 0 Å². The van der Waals surface area contributed by atoms with E-state index in [-0.39, 0.29) is 11.7 Å². The van der Waals surface area contributed by atoms with E-state index in [2.05, 4.69) is 25.7 Å². The Labute approximate surface area is 78.7 Å². The van der Waals surface area contributed by atoms with Gasteiger partial charge in [0.25, 0.3) is 0 Å². The summed E-state index contributed by atoms with van der Waals surface area (Å²) < 4.78 is 5.35. The van der Waals surface area contributed by atoms with Crippen molar-refractivity contribution >= 4 is 0 Å². The van der Waals surface area contributed by atoms with Crippen LogP contribution in [0.2, 0.25) is 0 Å². The minimum atomic E-state index is -0.0260. The van der Waals surface area contributed by atoms with Crippen LogP contribution in [0.15, 0.2) is 30.3 Å². The molecule has 2 rings (SSSR count). The predicted octanol–water partition coefficient (Wildman–Crippen LogP) is 2.22. The Morgan fingerprint density at radius 3 is 2.38 bits per heavy atom. The zero-order valence-corrected chi connectivity index (χ0v) is 7.87. The van der Waals surface area contributed by atoms with Crippen molar-refractivity contribution in [3.05, 3.63) is 35.9 Å². The van der Waals surface area contributed by atoms with Crippen LogP contribution in [0.1, 0.15) is 19.4 Å². The first-order chi connectivity index (χ1) is 6.18. The van der Waals surface area contributed by atoms with Crippen molar-refractivity contribution in [1.82, 2.24) is 0 Å². The summed E-state index contributed by atoms with van der Waals surface area (Å²) in [6.07, 6.45) is 0.118. The van der Waals surface area contributed by atoms with Gasteiger partial charge in [-0.15, -0.1) is 0 Å². The van der Waals surface area contributed by atoms with E-state index in [1.54, 1.807) is 0 Å². The van der Waals surface area contributed by atoms with Crippen LogP contribution in [0, 0.1) is 11.8 Å². The Morgan fingerprint density at radius 2 is 1.85 bits per heavy atom. The lowest BCUT2D eigenvalue weighted by Gasteiger charge is -1.87. The van der Waals surface area contributed by atoms with Gasteiger partial charge in [-0.25, -0.2) is 0 Å². The number of ether oxygens (including phenoxy) is 1. The molecule has 1 aromatic carbocycles. The number of rotatable bonds is 0. The molecule has 0 aliphatic carbocycles. The van der Waals surface area contributed by atoms with Gasteiger partial charge in [0.15, 0.2) is 0 Å². The minimum Gasteiger partial charge on any atom is -0.353 e. The predicted molar refractivity (Wildman–Crippen MR) is 52.3 cm³/mol. The van der Waals surface area contributed by atoms with E-state index in [4.69, 9.17) is 4.74 Å². The van der Waals surface area contributed by atoms with Gasteiger partial charge in [-0.3, -0.25) is 0 Å². The van der Waals surface area contributed by atoms with Crippen molar-refractivity contribution < 1.29 is 4.74 Å². The molecule has 0 spiro atoms. The fraction of sp³-hybridized carbons (Fsp3) is 0.333. The maximum atomic E-state index is 5.35. The molecule has 1 atom stereocenters. The molecule has 66 valence electrons. The van der Waals surface area contributed by atoms with Gasteiger partial charge >= 0.3 is 0 Å². The van der Waals surface area contributed by atoms with Gasteiger partial charge in [-0.1, -0.05) is 30.0 Å². The Morgan fingerprint density at radius 1 is 1.23 bits per heavy atom. The van der Waals surface area contributed by atoms with Crippen LogP contribution in [0.3, 0.4) is 0 Å². The normalized spacial score (nSPS) is 23.1. The lowest BCUT2D eigenvalue weighted by Crippen LogP contribution is -1.99. The van der Waals surface area contributed by atoms with Gasteiger partial charge in [0, 0.05) is 5.56 Å². The average molecular weight is 172 g/mol. The molecule has 1 unspecified atom stereocenters. The summed E-state index contributed by atoms with van der Waals surface area (Å²) in [5.41, 5.74) is 1.02. The van der Waals surface area contributed by atoms with Crippen LogP contribution in [-0.4, -0.2) is 11.7 Å². The van der Waals surface area contributed by atoms with E-state index >= 15 is 0 Å². The van der Waals surface area contributed by atoms with Crippen molar-refractivity contribution in [1.29, 1.82) is 0 Å². The molecule has 13 heavy (non-hydrogen) atoms. The third-order valence-electron chi connectivity index (χ3n) is 2.12. The number of benzene rings is 1. The number of hydrogen-bond donors (Lipinski definition) is 0. The molecule has 0 N–H and O–H groups in total. The second-order valence-electron chi connectivity index (χ2n) is 3.74. The average Bonchev–Trinajstić information content (AvgIpc) is 2.73. The van der Waals surface area contributed by atoms with Crippen LogP contribution in [0.25, 0.3) is 0 Å². The quantitative estimate of drug-likeness (QED) is 0.432. The highest BCUT2D eigenvalue weighted by Gasteiger charge is 2.46. The second kappa shape index (κ2) is 2.90. The summed E-state index contributed by atoms with van der Waals surface area (Å²) >= 11 is 0. The molecule has 1 heterocycles. The first-order valence-corrected chi connectivity index (χ1v) is 4.43. The Balaban J connectivity index is 2.07. The highest BCUT2D eigenvalue weighted by molar-refractivity contribution is 5.36. The molecule has 0 saturated carbocycles. The molecule has 0 bridgehead atoms. The third-order valence-corrected chi connectivity index (χ3v) is 2.12. The first kappa shape index (κ1) is 8.34.